The van der Waals surface area contributed by atoms with Gasteiger partial charge in [-0.15, -0.1) is 0 Å². The fourth-order valence-electron chi connectivity index (χ4n) is 2.42. The van der Waals surface area contributed by atoms with Crippen molar-refractivity contribution in [2.24, 2.45) is 0 Å². The van der Waals surface area contributed by atoms with Crippen LogP contribution in [-0.4, -0.2) is 51.9 Å². The Labute approximate surface area is 134 Å². The number of ether oxygens (including phenoxy) is 1. The largest absolute Gasteiger partial charge is 0.444 e. The molecule has 2 heterocycles. The second-order valence-electron chi connectivity index (χ2n) is 6.70. The molecule has 1 fully saturated rings. The molecule has 2 rings (SSSR count). The van der Waals surface area contributed by atoms with Gasteiger partial charge in [0.2, 0.25) is 0 Å². The number of likely N-dealkylation sites (tertiary alicyclic amines) is 1. The lowest BCUT2D eigenvalue weighted by Crippen LogP contribution is -2.44. The zero-order valence-electron chi connectivity index (χ0n) is 13.8. The Kier molecular flexibility index (Phi) is 5.43. The zero-order chi connectivity index (χ0) is 17.0. The van der Waals surface area contributed by atoms with Gasteiger partial charge in [-0.2, -0.15) is 5.10 Å². The second kappa shape index (κ2) is 7.14. The molecule has 0 bridgehead atoms. The lowest BCUT2D eigenvalue weighted by atomic mass is 10.1. The fourth-order valence-corrected chi connectivity index (χ4v) is 2.42. The molecule has 0 saturated carbocycles. The van der Waals surface area contributed by atoms with Gasteiger partial charge in [-0.3, -0.25) is 4.68 Å². The summed E-state index contributed by atoms with van der Waals surface area (Å²) in [6.07, 6.45) is 0.351. The lowest BCUT2D eigenvalue weighted by Gasteiger charge is -2.33. The second-order valence-corrected chi connectivity index (χ2v) is 6.70. The van der Waals surface area contributed by atoms with Crippen LogP contribution in [0.25, 0.3) is 0 Å². The number of carbonyl (C=O) groups excluding carboxylic acids is 1. The predicted molar refractivity (Wildman–Crippen MR) is 82.7 cm³/mol. The highest BCUT2D eigenvalue weighted by atomic mass is 19.3. The van der Waals surface area contributed by atoms with Crippen LogP contribution < -0.4 is 5.32 Å². The van der Waals surface area contributed by atoms with Gasteiger partial charge in [0.15, 0.2) is 0 Å². The molecule has 6 nitrogen and oxygen atoms in total. The number of anilines is 1. The normalized spacial score (nSPS) is 16.7. The first-order chi connectivity index (χ1) is 10.7. The number of nitrogens with one attached hydrogen (secondary N) is 1. The minimum Gasteiger partial charge on any atom is -0.444 e. The Bertz CT molecular complexity index is 520. The lowest BCUT2D eigenvalue weighted by molar-refractivity contribution is 0.0210. The molecule has 0 unspecified atom stereocenters. The standard InChI is InChI=1S/C15H24F2N4O2/c1-15(2,3)23-14(22)20-7-4-11(5-8-20)18-13-6-9-21(19-13)10-12(16)17/h6,9,11-12H,4-5,7-8,10H2,1-3H3,(H,18,19). The molecule has 1 saturated heterocycles. The maximum absolute atomic E-state index is 12.3. The van der Waals surface area contributed by atoms with Crippen LogP contribution in [0.4, 0.5) is 19.4 Å². The van der Waals surface area contributed by atoms with Crippen molar-refractivity contribution in [3.63, 3.8) is 0 Å². The van der Waals surface area contributed by atoms with E-state index in [4.69, 9.17) is 4.74 Å². The van der Waals surface area contributed by atoms with E-state index in [0.717, 1.165) is 12.8 Å². The van der Waals surface area contributed by atoms with E-state index in [1.165, 1.54) is 10.9 Å². The highest BCUT2D eigenvalue weighted by Crippen LogP contribution is 2.18. The Hall–Kier alpha value is -1.86. The van der Waals surface area contributed by atoms with E-state index in [9.17, 15) is 13.6 Å². The van der Waals surface area contributed by atoms with Crippen LogP contribution in [0.15, 0.2) is 12.3 Å². The summed E-state index contributed by atoms with van der Waals surface area (Å²) in [5.41, 5.74) is -0.496. The number of rotatable bonds is 4. The quantitative estimate of drug-likeness (QED) is 0.922. The molecule has 0 radical (unpaired) electrons. The summed E-state index contributed by atoms with van der Waals surface area (Å²) in [7, 11) is 0. The third-order valence-electron chi connectivity index (χ3n) is 3.46. The molecule has 0 aromatic carbocycles. The summed E-state index contributed by atoms with van der Waals surface area (Å²) >= 11 is 0. The van der Waals surface area contributed by atoms with Gasteiger partial charge in [0.25, 0.3) is 6.43 Å². The average Bonchev–Trinajstić information content (AvgIpc) is 2.84. The van der Waals surface area contributed by atoms with Gasteiger partial charge < -0.3 is 15.0 Å². The van der Waals surface area contributed by atoms with Gasteiger partial charge in [-0.05, 0) is 33.6 Å². The predicted octanol–water partition coefficient (Wildman–Crippen LogP) is 2.96. The molecule has 130 valence electrons. The minimum absolute atomic E-state index is 0.170. The molecule has 1 aliphatic rings. The molecule has 1 aromatic rings. The summed E-state index contributed by atoms with van der Waals surface area (Å²) in [5.74, 6) is 0.585. The number of hydrogen-bond donors (Lipinski definition) is 1. The van der Waals surface area contributed by atoms with Gasteiger partial charge in [0, 0.05) is 31.4 Å². The van der Waals surface area contributed by atoms with Crippen molar-refractivity contribution in [3.8, 4) is 0 Å². The van der Waals surface area contributed by atoms with Crippen LogP contribution in [0.2, 0.25) is 0 Å². The van der Waals surface area contributed by atoms with Crippen LogP contribution in [0, 0.1) is 0 Å². The van der Waals surface area contributed by atoms with Crippen LogP contribution in [0.3, 0.4) is 0 Å². The van der Waals surface area contributed by atoms with Crippen molar-refractivity contribution >= 4 is 11.9 Å². The molecule has 1 N–H and O–H groups in total. The highest BCUT2D eigenvalue weighted by molar-refractivity contribution is 5.68. The number of amides is 1. The van der Waals surface area contributed by atoms with Gasteiger partial charge in [-0.25, -0.2) is 13.6 Å². The Morgan fingerprint density at radius 3 is 2.65 bits per heavy atom. The number of aromatic nitrogens is 2. The van der Waals surface area contributed by atoms with Crippen molar-refractivity contribution in [2.75, 3.05) is 18.4 Å². The summed E-state index contributed by atoms with van der Waals surface area (Å²) in [6, 6.07) is 1.85. The fraction of sp³-hybridized carbons (Fsp3) is 0.733. The maximum Gasteiger partial charge on any atom is 0.410 e. The first kappa shape index (κ1) is 17.5. The number of halogens is 2. The molecule has 1 aromatic heterocycles. The van der Waals surface area contributed by atoms with Crippen LogP contribution >= 0.6 is 0 Å². The van der Waals surface area contributed by atoms with Gasteiger partial charge >= 0.3 is 6.09 Å². The van der Waals surface area contributed by atoms with Gasteiger partial charge in [-0.1, -0.05) is 0 Å². The SMILES string of the molecule is CC(C)(C)OC(=O)N1CCC(Nc2ccn(CC(F)F)n2)CC1. The van der Waals surface area contributed by atoms with E-state index in [2.05, 4.69) is 10.4 Å². The summed E-state index contributed by atoms with van der Waals surface area (Å²) < 4.78 is 31.2. The van der Waals surface area contributed by atoms with E-state index >= 15 is 0 Å². The van der Waals surface area contributed by atoms with Crippen molar-refractivity contribution in [2.45, 2.75) is 58.2 Å². The van der Waals surface area contributed by atoms with Crippen molar-refractivity contribution < 1.29 is 18.3 Å². The molecule has 1 amide bonds. The smallest absolute Gasteiger partial charge is 0.410 e. The van der Waals surface area contributed by atoms with E-state index in [-0.39, 0.29) is 12.1 Å². The van der Waals surface area contributed by atoms with Crippen LogP contribution in [0.1, 0.15) is 33.6 Å². The van der Waals surface area contributed by atoms with Crippen LogP contribution in [0.5, 0.6) is 0 Å². The summed E-state index contributed by atoms with van der Waals surface area (Å²) in [5, 5.41) is 7.29. The molecular weight excluding hydrogens is 306 g/mol. The van der Waals surface area contributed by atoms with Gasteiger partial charge in [0.1, 0.15) is 18.0 Å². The zero-order valence-corrected chi connectivity index (χ0v) is 13.8. The Balaban J connectivity index is 1.78. The molecular formula is C15H24F2N4O2. The first-order valence-electron chi connectivity index (χ1n) is 7.79. The average molecular weight is 330 g/mol. The van der Waals surface area contributed by atoms with E-state index < -0.39 is 18.6 Å². The Morgan fingerprint density at radius 2 is 2.09 bits per heavy atom. The third-order valence-corrected chi connectivity index (χ3v) is 3.46. The third kappa shape index (κ3) is 5.69. The molecule has 0 atom stereocenters. The number of piperidine rings is 1. The van der Waals surface area contributed by atoms with Crippen molar-refractivity contribution in [3.05, 3.63) is 12.3 Å². The van der Waals surface area contributed by atoms with Gasteiger partial charge in [0.05, 0.1) is 0 Å². The van der Waals surface area contributed by atoms with Crippen LogP contribution in [-0.2, 0) is 11.3 Å². The van der Waals surface area contributed by atoms with Crippen molar-refractivity contribution in [1.29, 1.82) is 0 Å². The van der Waals surface area contributed by atoms with Crippen molar-refractivity contribution in [1.82, 2.24) is 14.7 Å². The molecule has 8 heteroatoms. The number of alkyl halides is 2. The number of nitrogens with zero attached hydrogens (tertiary/aromatic N) is 3. The molecule has 0 spiro atoms. The first-order valence-corrected chi connectivity index (χ1v) is 7.79. The molecule has 1 aliphatic heterocycles. The highest BCUT2D eigenvalue weighted by Gasteiger charge is 2.27. The maximum atomic E-state index is 12.3. The van der Waals surface area contributed by atoms with E-state index in [0.29, 0.717) is 18.9 Å². The van der Waals surface area contributed by atoms with E-state index in [1.807, 2.05) is 20.8 Å². The van der Waals surface area contributed by atoms with E-state index in [1.54, 1.807) is 11.0 Å². The topological polar surface area (TPSA) is 59.4 Å². The minimum atomic E-state index is -2.42. The summed E-state index contributed by atoms with van der Waals surface area (Å²) in [4.78, 5) is 13.7. The number of carbonyl (C=O) groups is 1. The summed E-state index contributed by atoms with van der Waals surface area (Å²) in [6.45, 7) is 6.33. The molecule has 23 heavy (non-hydrogen) atoms. The Morgan fingerprint density at radius 1 is 1.43 bits per heavy atom. The monoisotopic (exact) mass is 330 g/mol. The number of hydrogen-bond acceptors (Lipinski definition) is 4. The molecule has 0 aliphatic carbocycles.